The van der Waals surface area contributed by atoms with E-state index in [-0.39, 0.29) is 23.1 Å². The van der Waals surface area contributed by atoms with E-state index in [2.05, 4.69) is 20.4 Å². The minimum atomic E-state index is -1.71. The average molecular weight is 437 g/mol. The number of hydrogen-bond donors (Lipinski definition) is 2. The van der Waals surface area contributed by atoms with E-state index in [0.717, 1.165) is 22.5 Å². The molecular weight excluding hydrogens is 420 g/mol. The first-order chi connectivity index (χ1) is 15.4. The Morgan fingerprint density at radius 2 is 2.09 bits per heavy atom. The first-order valence-electron chi connectivity index (χ1n) is 9.41. The maximum atomic E-state index is 13.7. The monoisotopic (exact) mass is 437 g/mol. The van der Waals surface area contributed by atoms with Gasteiger partial charge in [0, 0.05) is 11.1 Å². The first-order valence-corrected chi connectivity index (χ1v) is 9.41. The summed E-state index contributed by atoms with van der Waals surface area (Å²) in [5.74, 6) is -3.22. The van der Waals surface area contributed by atoms with Crippen molar-refractivity contribution < 1.29 is 23.4 Å². The lowest BCUT2D eigenvalue weighted by atomic mass is 10.2. The SMILES string of the molecule is COc1ncnc(Nc2ccc3c(cnn3Cc3cccc(F)c3)c2)c1/C=C(\F)C(=O)O. The van der Waals surface area contributed by atoms with Crippen LogP contribution in [0.3, 0.4) is 0 Å². The van der Waals surface area contributed by atoms with Crippen molar-refractivity contribution in [1.29, 1.82) is 0 Å². The molecule has 0 radical (unpaired) electrons. The topological polar surface area (TPSA) is 102 Å². The average Bonchev–Trinajstić information content (AvgIpc) is 3.16. The van der Waals surface area contributed by atoms with E-state index in [4.69, 9.17) is 9.84 Å². The van der Waals surface area contributed by atoms with Gasteiger partial charge in [-0.1, -0.05) is 12.1 Å². The number of hydrogen-bond acceptors (Lipinski definition) is 6. The number of methoxy groups -OCH3 is 1. The second-order valence-corrected chi connectivity index (χ2v) is 6.77. The normalized spacial score (nSPS) is 11.5. The highest BCUT2D eigenvalue weighted by molar-refractivity contribution is 5.91. The largest absolute Gasteiger partial charge is 0.480 e. The predicted molar refractivity (Wildman–Crippen MR) is 114 cm³/mol. The van der Waals surface area contributed by atoms with E-state index in [1.54, 1.807) is 29.1 Å². The van der Waals surface area contributed by atoms with Crippen LogP contribution < -0.4 is 10.1 Å². The van der Waals surface area contributed by atoms with Gasteiger partial charge in [0.15, 0.2) is 0 Å². The Hall–Kier alpha value is -4.34. The van der Waals surface area contributed by atoms with E-state index in [1.165, 1.54) is 25.6 Å². The van der Waals surface area contributed by atoms with E-state index in [1.807, 2.05) is 12.1 Å². The Morgan fingerprint density at radius 1 is 1.25 bits per heavy atom. The van der Waals surface area contributed by atoms with Crippen LogP contribution >= 0.6 is 0 Å². The number of ether oxygens (including phenoxy) is 1. The molecule has 2 aromatic carbocycles. The van der Waals surface area contributed by atoms with Crippen molar-refractivity contribution in [2.24, 2.45) is 0 Å². The molecule has 4 rings (SSSR count). The zero-order chi connectivity index (χ0) is 22.7. The maximum Gasteiger partial charge on any atom is 0.364 e. The highest BCUT2D eigenvalue weighted by Crippen LogP contribution is 2.29. The fraction of sp³-hybridized carbons (Fsp3) is 0.0909. The second kappa shape index (κ2) is 8.80. The smallest absolute Gasteiger partial charge is 0.364 e. The third kappa shape index (κ3) is 4.38. The van der Waals surface area contributed by atoms with Gasteiger partial charge in [0.05, 0.1) is 30.9 Å². The van der Waals surface area contributed by atoms with E-state index < -0.39 is 11.8 Å². The molecule has 0 aliphatic rings. The molecule has 10 heteroatoms. The summed E-state index contributed by atoms with van der Waals surface area (Å²) in [6.45, 7) is 0.403. The molecule has 2 N–H and O–H groups in total. The molecule has 0 spiro atoms. The van der Waals surface area contributed by atoms with Crippen molar-refractivity contribution in [3.63, 3.8) is 0 Å². The quantitative estimate of drug-likeness (QED) is 0.419. The van der Waals surface area contributed by atoms with E-state index in [0.29, 0.717) is 12.2 Å². The van der Waals surface area contributed by atoms with Crippen LogP contribution in [0.15, 0.2) is 60.8 Å². The fourth-order valence-corrected chi connectivity index (χ4v) is 3.20. The Bertz CT molecular complexity index is 1340. The van der Waals surface area contributed by atoms with Crippen LogP contribution in [0, 0.1) is 5.82 Å². The number of aliphatic carboxylic acids is 1. The molecule has 0 saturated heterocycles. The summed E-state index contributed by atoms with van der Waals surface area (Å²) >= 11 is 0. The summed E-state index contributed by atoms with van der Waals surface area (Å²) in [6, 6.07) is 11.7. The zero-order valence-electron chi connectivity index (χ0n) is 16.8. The zero-order valence-corrected chi connectivity index (χ0v) is 16.8. The molecule has 0 bridgehead atoms. The second-order valence-electron chi connectivity index (χ2n) is 6.77. The summed E-state index contributed by atoms with van der Waals surface area (Å²) in [7, 11) is 1.33. The van der Waals surface area contributed by atoms with Crippen molar-refractivity contribution in [2.45, 2.75) is 6.54 Å². The molecule has 8 nitrogen and oxygen atoms in total. The van der Waals surface area contributed by atoms with Crippen molar-refractivity contribution in [2.75, 3.05) is 12.4 Å². The van der Waals surface area contributed by atoms with Crippen LogP contribution in [0.5, 0.6) is 5.88 Å². The Balaban J connectivity index is 1.65. The predicted octanol–water partition coefficient (Wildman–Crippen LogP) is 4.16. The molecule has 0 atom stereocenters. The van der Waals surface area contributed by atoms with Gasteiger partial charge in [-0.3, -0.25) is 4.68 Å². The van der Waals surface area contributed by atoms with Gasteiger partial charge in [-0.2, -0.15) is 9.49 Å². The number of carbonyl (C=O) groups is 1. The third-order valence-electron chi connectivity index (χ3n) is 4.64. The minimum absolute atomic E-state index is 0.0166. The summed E-state index contributed by atoms with van der Waals surface area (Å²) in [5, 5.41) is 17.1. The van der Waals surface area contributed by atoms with Crippen LogP contribution in [-0.4, -0.2) is 37.9 Å². The summed E-state index contributed by atoms with van der Waals surface area (Å²) in [5.41, 5.74) is 2.27. The van der Waals surface area contributed by atoms with Gasteiger partial charge in [0.25, 0.3) is 0 Å². The fourth-order valence-electron chi connectivity index (χ4n) is 3.20. The first kappa shape index (κ1) is 20.9. The van der Waals surface area contributed by atoms with Crippen molar-refractivity contribution >= 4 is 34.5 Å². The molecule has 0 amide bonds. The van der Waals surface area contributed by atoms with E-state index in [9.17, 15) is 13.6 Å². The minimum Gasteiger partial charge on any atom is -0.480 e. The van der Waals surface area contributed by atoms with Gasteiger partial charge in [0.2, 0.25) is 11.7 Å². The molecule has 162 valence electrons. The Labute approximate surface area is 180 Å². The number of nitrogens with zero attached hydrogens (tertiary/aromatic N) is 4. The molecule has 0 saturated carbocycles. The lowest BCUT2D eigenvalue weighted by molar-refractivity contribution is -0.134. The van der Waals surface area contributed by atoms with Crippen LogP contribution in [0.1, 0.15) is 11.1 Å². The third-order valence-corrected chi connectivity index (χ3v) is 4.64. The Kier molecular flexibility index (Phi) is 5.75. The molecule has 2 aromatic heterocycles. The highest BCUT2D eigenvalue weighted by Gasteiger charge is 2.15. The summed E-state index contributed by atoms with van der Waals surface area (Å²) < 4.78 is 34.1. The molecule has 4 aromatic rings. The molecule has 0 unspecified atom stereocenters. The molecule has 0 aliphatic heterocycles. The highest BCUT2D eigenvalue weighted by atomic mass is 19.1. The molecule has 32 heavy (non-hydrogen) atoms. The number of benzene rings is 2. The van der Waals surface area contributed by atoms with Crippen LogP contribution in [0.2, 0.25) is 0 Å². The van der Waals surface area contributed by atoms with E-state index >= 15 is 0 Å². The number of anilines is 2. The van der Waals surface area contributed by atoms with Gasteiger partial charge in [-0.15, -0.1) is 0 Å². The van der Waals surface area contributed by atoms with Crippen LogP contribution in [-0.2, 0) is 11.3 Å². The van der Waals surface area contributed by atoms with Crippen molar-refractivity contribution in [3.05, 3.63) is 77.8 Å². The van der Waals surface area contributed by atoms with Crippen molar-refractivity contribution in [1.82, 2.24) is 19.7 Å². The molecule has 2 heterocycles. The standard InChI is InChI=1S/C22H17F2N5O3/c1-32-21-17(9-18(24)22(30)31)20(25-12-26-21)28-16-5-6-19-14(8-16)10-27-29(19)11-13-3-2-4-15(23)7-13/h2-10,12H,11H2,1H3,(H,30,31)(H,25,26,28)/b18-9-. The number of aromatic nitrogens is 4. The van der Waals surface area contributed by atoms with Gasteiger partial charge in [-0.25, -0.2) is 19.2 Å². The number of carboxylic acid groups (broad SMARTS) is 1. The lowest BCUT2D eigenvalue weighted by Gasteiger charge is -2.11. The number of carboxylic acids is 1. The van der Waals surface area contributed by atoms with Gasteiger partial charge >= 0.3 is 5.97 Å². The van der Waals surface area contributed by atoms with Crippen LogP contribution in [0.4, 0.5) is 20.3 Å². The van der Waals surface area contributed by atoms with Gasteiger partial charge in [0.1, 0.15) is 18.0 Å². The lowest BCUT2D eigenvalue weighted by Crippen LogP contribution is -2.03. The van der Waals surface area contributed by atoms with Crippen LogP contribution in [0.25, 0.3) is 17.0 Å². The number of halogens is 2. The van der Waals surface area contributed by atoms with Gasteiger partial charge < -0.3 is 15.2 Å². The Morgan fingerprint density at radius 3 is 2.84 bits per heavy atom. The number of nitrogens with one attached hydrogen (secondary N) is 1. The molecule has 0 aliphatic carbocycles. The summed E-state index contributed by atoms with van der Waals surface area (Å²) in [6.07, 6.45) is 3.68. The van der Waals surface area contributed by atoms with Crippen molar-refractivity contribution in [3.8, 4) is 5.88 Å². The maximum absolute atomic E-state index is 13.7. The molecule has 0 fully saturated rings. The summed E-state index contributed by atoms with van der Waals surface area (Å²) in [4.78, 5) is 18.9. The number of fused-ring (bicyclic) bond motifs is 1. The number of rotatable bonds is 7. The van der Waals surface area contributed by atoms with Gasteiger partial charge in [-0.05, 0) is 42.0 Å². The molecular formula is C22H17F2N5O3.